The zero-order valence-corrected chi connectivity index (χ0v) is 13.8. The van der Waals surface area contributed by atoms with Crippen LogP contribution in [0.25, 0.3) is 0 Å². The Morgan fingerprint density at radius 2 is 1.76 bits per heavy atom. The molecule has 2 N–H and O–H groups in total. The molecule has 0 aromatic heterocycles. The fourth-order valence-electron chi connectivity index (χ4n) is 3.00. The normalized spacial score (nSPS) is 15.5. The number of nitrogens with one attached hydrogen (secondary N) is 1. The number of hydrogen-bond donors (Lipinski definition) is 2. The molecule has 0 aromatic carbocycles. The topological polar surface area (TPSA) is 52.6 Å². The van der Waals surface area contributed by atoms with Gasteiger partial charge in [-0.3, -0.25) is 4.79 Å². The van der Waals surface area contributed by atoms with Crippen molar-refractivity contribution in [1.82, 2.24) is 10.2 Å². The monoisotopic (exact) mass is 298 g/mol. The summed E-state index contributed by atoms with van der Waals surface area (Å²) in [5, 5.41) is 12.4. The lowest BCUT2D eigenvalue weighted by atomic mass is 10.1. The van der Waals surface area contributed by atoms with Gasteiger partial charge in [-0.2, -0.15) is 0 Å². The summed E-state index contributed by atoms with van der Waals surface area (Å²) in [6.07, 6.45) is 11.8. The van der Waals surface area contributed by atoms with Crippen LogP contribution in [0, 0.1) is 0 Å². The second-order valence-corrected chi connectivity index (χ2v) is 6.23. The molecule has 0 spiro atoms. The summed E-state index contributed by atoms with van der Waals surface area (Å²) < 4.78 is 0. The van der Waals surface area contributed by atoms with E-state index in [1.54, 1.807) is 0 Å². The summed E-state index contributed by atoms with van der Waals surface area (Å²) in [4.78, 5) is 14.2. The Kier molecular flexibility index (Phi) is 10.5. The Labute approximate surface area is 130 Å². The average Bonchev–Trinajstić information content (AvgIpc) is 3.01. The number of unbranched alkanes of at least 4 members (excludes halogenated alkanes) is 4. The first-order chi connectivity index (χ1) is 10.3. The third kappa shape index (κ3) is 8.42. The van der Waals surface area contributed by atoms with Gasteiger partial charge in [0.2, 0.25) is 5.91 Å². The first-order valence-corrected chi connectivity index (χ1v) is 8.90. The zero-order valence-electron chi connectivity index (χ0n) is 13.8. The minimum atomic E-state index is 0.162. The van der Waals surface area contributed by atoms with Gasteiger partial charge in [-0.1, -0.05) is 45.4 Å². The van der Waals surface area contributed by atoms with Crippen molar-refractivity contribution in [3.8, 4) is 0 Å². The van der Waals surface area contributed by atoms with Crippen molar-refractivity contribution in [2.75, 3.05) is 26.2 Å². The van der Waals surface area contributed by atoms with Crippen molar-refractivity contribution < 1.29 is 9.90 Å². The van der Waals surface area contributed by atoms with Crippen LogP contribution in [0.15, 0.2) is 0 Å². The van der Waals surface area contributed by atoms with E-state index in [2.05, 4.69) is 12.2 Å². The van der Waals surface area contributed by atoms with Gasteiger partial charge in [0, 0.05) is 25.7 Å². The molecule has 0 aliphatic heterocycles. The van der Waals surface area contributed by atoms with E-state index >= 15 is 0 Å². The molecular weight excluding hydrogens is 264 g/mol. The van der Waals surface area contributed by atoms with E-state index in [1.165, 1.54) is 51.4 Å². The third-order valence-corrected chi connectivity index (χ3v) is 4.37. The van der Waals surface area contributed by atoms with Crippen molar-refractivity contribution in [3.05, 3.63) is 0 Å². The summed E-state index contributed by atoms with van der Waals surface area (Å²) in [6.45, 7) is 4.37. The molecule has 4 heteroatoms. The molecule has 0 radical (unpaired) electrons. The Morgan fingerprint density at radius 1 is 1.10 bits per heavy atom. The van der Waals surface area contributed by atoms with Crippen LogP contribution in [0.2, 0.25) is 0 Å². The minimum absolute atomic E-state index is 0.162. The lowest BCUT2D eigenvalue weighted by molar-refractivity contribution is -0.130. The highest BCUT2D eigenvalue weighted by molar-refractivity contribution is 5.78. The number of carbonyl (C=O) groups excluding carboxylic acids is 1. The molecule has 1 aliphatic carbocycles. The molecule has 4 nitrogen and oxygen atoms in total. The van der Waals surface area contributed by atoms with Crippen LogP contribution >= 0.6 is 0 Å². The highest BCUT2D eigenvalue weighted by Gasteiger charge is 2.18. The van der Waals surface area contributed by atoms with Crippen LogP contribution in [0.3, 0.4) is 0 Å². The Morgan fingerprint density at radius 3 is 2.43 bits per heavy atom. The molecular formula is C17H34N2O2. The number of nitrogens with zero attached hydrogens (tertiary/aromatic N) is 1. The molecule has 0 atom stereocenters. The number of aliphatic hydroxyl groups excluding tert-OH is 1. The Hall–Kier alpha value is -0.610. The molecule has 0 aromatic rings. The van der Waals surface area contributed by atoms with E-state index in [1.807, 2.05) is 4.90 Å². The fourth-order valence-corrected chi connectivity index (χ4v) is 3.00. The maximum absolute atomic E-state index is 12.3. The lowest BCUT2D eigenvalue weighted by Gasteiger charge is -2.23. The van der Waals surface area contributed by atoms with Gasteiger partial charge in [0.1, 0.15) is 0 Å². The lowest BCUT2D eigenvalue weighted by Crippen LogP contribution is -2.42. The number of amides is 1. The van der Waals surface area contributed by atoms with Gasteiger partial charge >= 0.3 is 0 Å². The van der Waals surface area contributed by atoms with Gasteiger partial charge in [0.15, 0.2) is 0 Å². The minimum Gasteiger partial charge on any atom is -0.396 e. The van der Waals surface area contributed by atoms with Crippen molar-refractivity contribution in [1.29, 1.82) is 0 Å². The van der Waals surface area contributed by atoms with Crippen LogP contribution < -0.4 is 5.32 Å². The van der Waals surface area contributed by atoms with E-state index in [0.29, 0.717) is 25.6 Å². The SMILES string of the molecule is CCCCCCCN(CCCO)C(=O)CNC1CCCC1. The molecule has 1 rings (SSSR count). The van der Waals surface area contributed by atoms with Gasteiger partial charge in [0.25, 0.3) is 0 Å². The maximum atomic E-state index is 12.3. The maximum Gasteiger partial charge on any atom is 0.236 e. The molecule has 0 unspecified atom stereocenters. The van der Waals surface area contributed by atoms with Crippen molar-refractivity contribution in [2.24, 2.45) is 0 Å². The molecule has 124 valence electrons. The van der Waals surface area contributed by atoms with Crippen LogP contribution in [0.1, 0.15) is 71.1 Å². The molecule has 1 saturated carbocycles. The first kappa shape index (κ1) is 18.4. The van der Waals surface area contributed by atoms with Crippen LogP contribution in [-0.4, -0.2) is 48.2 Å². The van der Waals surface area contributed by atoms with E-state index in [0.717, 1.165) is 13.0 Å². The predicted octanol–water partition coefficient (Wildman–Crippen LogP) is 2.70. The smallest absolute Gasteiger partial charge is 0.236 e. The standard InChI is InChI=1S/C17H34N2O2/c1-2-3-4-5-8-12-19(13-9-14-20)17(21)15-18-16-10-6-7-11-16/h16,18,20H,2-15H2,1H3. The van der Waals surface area contributed by atoms with Gasteiger partial charge in [-0.15, -0.1) is 0 Å². The number of aliphatic hydroxyl groups is 1. The van der Waals surface area contributed by atoms with Gasteiger partial charge < -0.3 is 15.3 Å². The largest absolute Gasteiger partial charge is 0.396 e. The first-order valence-electron chi connectivity index (χ1n) is 8.90. The highest BCUT2D eigenvalue weighted by Crippen LogP contribution is 2.17. The van der Waals surface area contributed by atoms with Crippen LogP contribution in [0.5, 0.6) is 0 Å². The second kappa shape index (κ2) is 12.0. The van der Waals surface area contributed by atoms with Crippen LogP contribution in [0.4, 0.5) is 0 Å². The second-order valence-electron chi connectivity index (χ2n) is 6.23. The van der Waals surface area contributed by atoms with Crippen molar-refractivity contribution >= 4 is 5.91 Å². The van der Waals surface area contributed by atoms with Gasteiger partial charge in [-0.05, 0) is 25.7 Å². The summed E-state index contributed by atoms with van der Waals surface area (Å²) >= 11 is 0. The molecule has 1 aliphatic rings. The summed E-state index contributed by atoms with van der Waals surface area (Å²) in [5.74, 6) is 0.200. The van der Waals surface area contributed by atoms with Gasteiger partial charge in [-0.25, -0.2) is 0 Å². The average molecular weight is 298 g/mol. The molecule has 0 bridgehead atoms. The quantitative estimate of drug-likeness (QED) is 0.545. The van der Waals surface area contributed by atoms with Gasteiger partial charge in [0.05, 0.1) is 6.54 Å². The molecule has 0 saturated heterocycles. The Balaban J connectivity index is 2.23. The van der Waals surface area contributed by atoms with E-state index in [9.17, 15) is 4.79 Å². The predicted molar refractivity (Wildman–Crippen MR) is 87.3 cm³/mol. The zero-order chi connectivity index (χ0) is 15.3. The molecule has 21 heavy (non-hydrogen) atoms. The molecule has 1 fully saturated rings. The molecule has 0 heterocycles. The summed E-state index contributed by atoms with van der Waals surface area (Å²) in [7, 11) is 0. The van der Waals surface area contributed by atoms with Crippen molar-refractivity contribution in [2.45, 2.75) is 77.2 Å². The van der Waals surface area contributed by atoms with Crippen molar-refractivity contribution in [3.63, 3.8) is 0 Å². The Bertz CT molecular complexity index is 266. The van der Waals surface area contributed by atoms with Crippen LogP contribution in [-0.2, 0) is 4.79 Å². The fraction of sp³-hybridized carbons (Fsp3) is 0.941. The number of hydrogen-bond acceptors (Lipinski definition) is 3. The van der Waals surface area contributed by atoms with E-state index < -0.39 is 0 Å². The molecule has 1 amide bonds. The van der Waals surface area contributed by atoms with E-state index in [4.69, 9.17) is 5.11 Å². The summed E-state index contributed by atoms with van der Waals surface area (Å²) in [6, 6.07) is 0.540. The summed E-state index contributed by atoms with van der Waals surface area (Å²) in [5.41, 5.74) is 0. The number of carbonyl (C=O) groups is 1. The third-order valence-electron chi connectivity index (χ3n) is 4.37. The van der Waals surface area contributed by atoms with E-state index in [-0.39, 0.29) is 12.5 Å². The number of rotatable bonds is 12. The highest BCUT2D eigenvalue weighted by atomic mass is 16.3.